The van der Waals surface area contributed by atoms with Crippen LogP contribution >= 0.6 is 11.6 Å². The summed E-state index contributed by atoms with van der Waals surface area (Å²) in [4.78, 5) is 37.5. The lowest BCUT2D eigenvalue weighted by Crippen LogP contribution is -2.35. The molecule has 3 aliphatic carbocycles. The second-order valence-corrected chi connectivity index (χ2v) is 7.53. The van der Waals surface area contributed by atoms with Crippen molar-refractivity contribution in [3.8, 4) is 0 Å². The number of amides is 2. The van der Waals surface area contributed by atoms with Gasteiger partial charge >= 0.3 is 0 Å². The second kappa shape index (κ2) is 4.25. The molecule has 0 unspecified atom stereocenters. The van der Waals surface area contributed by atoms with Crippen molar-refractivity contribution >= 4 is 34.8 Å². The normalized spacial score (nSPS) is 34.3. The number of nitrogens with zero attached hydrogens (tertiary/aromatic N) is 2. The number of allylic oxidation sites excluding steroid dienone is 2. The predicted octanol–water partition coefficient (Wildman–Crippen LogP) is 2.95. The number of carbonyl (C=O) groups excluding carboxylic acids is 2. The molecule has 24 heavy (non-hydrogen) atoms. The van der Waals surface area contributed by atoms with Crippen LogP contribution in [-0.2, 0) is 9.59 Å². The van der Waals surface area contributed by atoms with E-state index in [0.717, 1.165) is 17.7 Å². The number of fused-ring (bicyclic) bond motifs is 3. The minimum absolute atomic E-state index is 0.117. The third-order valence-electron chi connectivity index (χ3n) is 6.23. The van der Waals surface area contributed by atoms with E-state index < -0.39 is 4.92 Å². The molecule has 0 radical (unpaired) electrons. The fourth-order valence-corrected chi connectivity index (χ4v) is 5.30. The summed E-state index contributed by atoms with van der Waals surface area (Å²) >= 11 is 6.14. The molecule has 1 aromatic rings. The van der Waals surface area contributed by atoms with Crippen LogP contribution in [0.5, 0.6) is 0 Å². The summed E-state index contributed by atoms with van der Waals surface area (Å²) in [5, 5.41) is 11.2. The van der Waals surface area contributed by atoms with Gasteiger partial charge in [0.15, 0.2) is 0 Å². The summed E-state index contributed by atoms with van der Waals surface area (Å²) in [6.07, 6.45) is 6.31. The molecule has 1 heterocycles. The maximum atomic E-state index is 13.0. The average Bonchev–Trinajstić information content (AvgIpc) is 3.14. The van der Waals surface area contributed by atoms with E-state index in [-0.39, 0.29) is 57.3 Å². The Morgan fingerprint density at radius 1 is 1.12 bits per heavy atom. The first-order valence-corrected chi connectivity index (χ1v) is 8.33. The zero-order valence-electron chi connectivity index (χ0n) is 12.5. The van der Waals surface area contributed by atoms with Crippen LogP contribution in [0.3, 0.4) is 0 Å². The Morgan fingerprint density at radius 2 is 1.71 bits per heavy atom. The molecular weight excluding hydrogens is 332 g/mol. The molecule has 0 aromatic heterocycles. The lowest BCUT2D eigenvalue weighted by molar-refractivity contribution is -0.384. The summed E-state index contributed by atoms with van der Waals surface area (Å²) in [6.45, 7) is 0. The van der Waals surface area contributed by atoms with Crippen LogP contribution in [0.4, 0.5) is 11.4 Å². The van der Waals surface area contributed by atoms with E-state index in [4.69, 9.17) is 11.6 Å². The highest BCUT2D eigenvalue weighted by molar-refractivity contribution is 6.36. The summed E-state index contributed by atoms with van der Waals surface area (Å²) in [5.41, 5.74) is 0.0606. The van der Waals surface area contributed by atoms with Gasteiger partial charge in [-0.2, -0.15) is 0 Å². The Morgan fingerprint density at radius 3 is 2.21 bits per heavy atom. The molecule has 6 nitrogen and oxygen atoms in total. The molecule has 2 amide bonds. The van der Waals surface area contributed by atoms with E-state index in [0.29, 0.717) is 0 Å². The first-order valence-electron chi connectivity index (χ1n) is 7.96. The van der Waals surface area contributed by atoms with E-state index in [1.54, 1.807) is 0 Å². The van der Waals surface area contributed by atoms with Crippen molar-refractivity contribution in [2.45, 2.75) is 12.8 Å². The predicted molar refractivity (Wildman–Crippen MR) is 85.4 cm³/mol. The highest BCUT2D eigenvalue weighted by Gasteiger charge is 2.73. The first-order chi connectivity index (χ1) is 11.5. The van der Waals surface area contributed by atoms with Gasteiger partial charge < -0.3 is 0 Å². The van der Waals surface area contributed by atoms with Gasteiger partial charge in [0.2, 0.25) is 11.8 Å². The van der Waals surface area contributed by atoms with E-state index in [1.807, 2.05) is 0 Å². The van der Waals surface area contributed by atoms with Gasteiger partial charge in [-0.15, -0.1) is 0 Å². The molecule has 4 atom stereocenters. The third-order valence-corrected chi connectivity index (χ3v) is 6.55. The van der Waals surface area contributed by atoms with Crippen molar-refractivity contribution in [3.05, 3.63) is 45.5 Å². The molecule has 1 aliphatic heterocycles. The van der Waals surface area contributed by atoms with Crippen molar-refractivity contribution in [3.63, 3.8) is 0 Å². The van der Waals surface area contributed by atoms with E-state index in [1.165, 1.54) is 18.2 Å². The molecule has 1 spiro atoms. The van der Waals surface area contributed by atoms with Gasteiger partial charge in [-0.25, -0.2) is 4.90 Å². The van der Waals surface area contributed by atoms with Crippen LogP contribution in [0, 0.1) is 39.2 Å². The van der Waals surface area contributed by atoms with Crippen molar-refractivity contribution in [2.75, 3.05) is 4.90 Å². The number of carbonyl (C=O) groups is 2. The van der Waals surface area contributed by atoms with Crippen molar-refractivity contribution in [2.24, 2.45) is 29.1 Å². The Hall–Kier alpha value is -2.21. The number of hydrogen-bond acceptors (Lipinski definition) is 4. The van der Waals surface area contributed by atoms with Crippen LogP contribution < -0.4 is 4.90 Å². The topological polar surface area (TPSA) is 80.5 Å². The number of nitro groups is 1. The van der Waals surface area contributed by atoms with E-state index >= 15 is 0 Å². The minimum Gasteiger partial charge on any atom is -0.274 e. The number of hydrogen-bond donors (Lipinski definition) is 0. The molecule has 5 rings (SSSR count). The van der Waals surface area contributed by atoms with Gasteiger partial charge in [0.25, 0.3) is 5.69 Å². The van der Waals surface area contributed by atoms with Gasteiger partial charge in [-0.05, 0) is 36.2 Å². The smallest absolute Gasteiger partial charge is 0.271 e. The van der Waals surface area contributed by atoms with Crippen molar-refractivity contribution in [1.29, 1.82) is 0 Å². The standard InChI is InChI=1S/C17H13ClN2O4/c18-11-4-1-8(20(23)24)7-12(11)19-15(21)13-9-2-3-10(14(13)16(19)22)17(9)5-6-17/h1-4,7,9-10,13-14H,5-6H2/t9-,10+,13-,14-/m1/s1. The maximum absolute atomic E-state index is 13.0. The molecule has 2 bridgehead atoms. The lowest BCUT2D eigenvalue weighted by atomic mass is 9.85. The minimum atomic E-state index is -0.559. The van der Waals surface area contributed by atoms with Crippen LogP contribution in [0.1, 0.15) is 12.8 Å². The van der Waals surface area contributed by atoms with Gasteiger partial charge in [0, 0.05) is 12.1 Å². The fraction of sp³-hybridized carbons (Fsp3) is 0.412. The largest absolute Gasteiger partial charge is 0.274 e. The highest BCUT2D eigenvalue weighted by atomic mass is 35.5. The monoisotopic (exact) mass is 344 g/mol. The third kappa shape index (κ3) is 1.48. The number of nitro benzene ring substituents is 1. The van der Waals surface area contributed by atoms with Crippen molar-refractivity contribution in [1.82, 2.24) is 0 Å². The van der Waals surface area contributed by atoms with Crippen LogP contribution in [0.2, 0.25) is 5.02 Å². The highest BCUT2D eigenvalue weighted by Crippen LogP contribution is 2.73. The Labute approximate surface area is 142 Å². The number of anilines is 1. The average molecular weight is 345 g/mol. The van der Waals surface area contributed by atoms with Gasteiger partial charge in [-0.3, -0.25) is 19.7 Å². The lowest BCUT2D eigenvalue weighted by Gasteiger charge is -2.22. The zero-order valence-corrected chi connectivity index (χ0v) is 13.3. The molecule has 1 saturated heterocycles. The quantitative estimate of drug-likeness (QED) is 0.357. The van der Waals surface area contributed by atoms with Gasteiger partial charge in [0.1, 0.15) is 0 Å². The number of halogens is 1. The van der Waals surface area contributed by atoms with E-state index in [2.05, 4.69) is 12.2 Å². The molecule has 122 valence electrons. The Balaban J connectivity index is 1.59. The second-order valence-electron chi connectivity index (χ2n) is 7.13. The summed E-state index contributed by atoms with van der Waals surface area (Å²) in [7, 11) is 0. The van der Waals surface area contributed by atoms with Crippen LogP contribution in [0.25, 0.3) is 0 Å². The number of imide groups is 1. The molecule has 0 N–H and O–H groups in total. The molecule has 7 heteroatoms. The van der Waals surface area contributed by atoms with Gasteiger partial charge in [0.05, 0.1) is 27.5 Å². The molecular formula is C17H13ClN2O4. The SMILES string of the molecule is O=C1[C@H]2[C@H](C(=O)N1c1cc([N+](=O)[O-])ccc1Cl)[C@@H]1C=C[C@H]2C12CC2. The van der Waals surface area contributed by atoms with Crippen molar-refractivity contribution < 1.29 is 14.5 Å². The molecule has 1 aromatic carbocycles. The Bertz CT molecular complexity index is 826. The Kier molecular flexibility index (Phi) is 2.51. The summed E-state index contributed by atoms with van der Waals surface area (Å²) in [5.74, 6) is -0.987. The fourth-order valence-electron chi connectivity index (χ4n) is 5.10. The summed E-state index contributed by atoms with van der Waals surface area (Å²) in [6, 6.07) is 3.84. The number of benzene rings is 1. The molecule has 4 aliphatic rings. The number of rotatable bonds is 2. The first kappa shape index (κ1) is 14.2. The number of non-ortho nitro benzene ring substituents is 1. The summed E-state index contributed by atoms with van der Waals surface area (Å²) < 4.78 is 0. The maximum Gasteiger partial charge on any atom is 0.271 e. The van der Waals surface area contributed by atoms with Crippen LogP contribution in [0.15, 0.2) is 30.4 Å². The molecule has 2 saturated carbocycles. The van der Waals surface area contributed by atoms with Gasteiger partial charge in [-0.1, -0.05) is 23.8 Å². The molecule has 3 fully saturated rings. The zero-order chi connectivity index (χ0) is 16.8. The van der Waals surface area contributed by atoms with E-state index in [9.17, 15) is 19.7 Å². The van der Waals surface area contributed by atoms with Crippen LogP contribution in [-0.4, -0.2) is 16.7 Å².